The number of benzene rings is 1. The number of amides is 1. The zero-order valence-corrected chi connectivity index (χ0v) is 11.9. The molecule has 1 aromatic rings. The second kappa shape index (κ2) is 6.99. The zero-order valence-electron chi connectivity index (χ0n) is 11.9. The molecule has 2 N–H and O–H groups in total. The number of aromatic hydroxyl groups is 1. The quantitative estimate of drug-likeness (QED) is 0.819. The summed E-state index contributed by atoms with van der Waals surface area (Å²) in [6, 6.07) is 5.06. The number of rotatable bonds is 6. The van der Waals surface area contributed by atoms with E-state index in [1.54, 1.807) is 44.3 Å². The lowest BCUT2D eigenvalue weighted by molar-refractivity contribution is -0.128. The number of hydrogen-bond acceptors (Lipinski definition) is 4. The molecule has 0 bridgehead atoms. The van der Waals surface area contributed by atoms with Crippen LogP contribution in [0.1, 0.15) is 24.9 Å². The molecule has 0 aliphatic carbocycles. The Balaban J connectivity index is 2.58. The van der Waals surface area contributed by atoms with E-state index in [1.807, 2.05) is 6.92 Å². The van der Waals surface area contributed by atoms with E-state index < -0.39 is 0 Å². The van der Waals surface area contributed by atoms with Gasteiger partial charge < -0.3 is 20.1 Å². The minimum Gasteiger partial charge on any atom is -0.508 e. The summed E-state index contributed by atoms with van der Waals surface area (Å²) in [5.74, 6) is 1.00. The number of phenolic OH excluding ortho intramolecular Hbond substituents is 1. The smallest absolute Gasteiger partial charge is 0.223 e. The van der Waals surface area contributed by atoms with E-state index in [4.69, 9.17) is 4.74 Å². The number of methoxy groups -OCH3 is 1. The molecule has 0 aliphatic heterocycles. The zero-order chi connectivity index (χ0) is 14.4. The Morgan fingerprint density at radius 1 is 1.47 bits per heavy atom. The van der Waals surface area contributed by atoms with Gasteiger partial charge in [-0.05, 0) is 25.1 Å². The summed E-state index contributed by atoms with van der Waals surface area (Å²) in [6.07, 6.45) is 0.433. The number of ether oxygens (including phenoxy) is 1. The predicted octanol–water partition coefficient (Wildman–Crippen LogP) is 1.53. The molecule has 1 aromatic carbocycles. The molecule has 0 spiro atoms. The van der Waals surface area contributed by atoms with Crippen molar-refractivity contribution in [2.75, 3.05) is 27.7 Å². The van der Waals surface area contributed by atoms with Crippen LogP contribution in [0.3, 0.4) is 0 Å². The molecule has 1 atom stereocenters. The maximum atomic E-state index is 11.4. The number of phenols is 1. The number of hydrogen-bond donors (Lipinski definition) is 2. The SMILES string of the molecule is COc1ccc(O)c(C(C)NCCC(=O)N(C)C)c1. The molecule has 5 heteroatoms. The Morgan fingerprint density at radius 3 is 2.74 bits per heavy atom. The predicted molar refractivity (Wildman–Crippen MR) is 74.4 cm³/mol. The van der Waals surface area contributed by atoms with Crippen molar-refractivity contribution < 1.29 is 14.6 Å². The Morgan fingerprint density at radius 2 is 2.16 bits per heavy atom. The summed E-state index contributed by atoms with van der Waals surface area (Å²) in [4.78, 5) is 13.0. The molecule has 5 nitrogen and oxygen atoms in total. The number of carbonyl (C=O) groups excluding carboxylic acids is 1. The van der Waals surface area contributed by atoms with Gasteiger partial charge in [0.2, 0.25) is 5.91 Å². The molecule has 1 amide bonds. The molecule has 0 saturated carbocycles. The fraction of sp³-hybridized carbons (Fsp3) is 0.500. The molecular weight excluding hydrogens is 244 g/mol. The third-order valence-electron chi connectivity index (χ3n) is 2.99. The van der Waals surface area contributed by atoms with Gasteiger partial charge in [-0.15, -0.1) is 0 Å². The van der Waals surface area contributed by atoms with E-state index in [2.05, 4.69) is 5.32 Å². The van der Waals surface area contributed by atoms with Crippen LogP contribution in [0.15, 0.2) is 18.2 Å². The second-order valence-corrected chi connectivity index (χ2v) is 4.64. The maximum Gasteiger partial charge on any atom is 0.223 e. The third-order valence-corrected chi connectivity index (χ3v) is 2.99. The fourth-order valence-electron chi connectivity index (χ4n) is 1.74. The van der Waals surface area contributed by atoms with Crippen LogP contribution in [0.5, 0.6) is 11.5 Å². The van der Waals surface area contributed by atoms with Crippen LogP contribution in [0.4, 0.5) is 0 Å². The first-order valence-corrected chi connectivity index (χ1v) is 6.26. The van der Waals surface area contributed by atoms with Gasteiger partial charge in [-0.25, -0.2) is 0 Å². The molecule has 106 valence electrons. The monoisotopic (exact) mass is 266 g/mol. The summed E-state index contributed by atoms with van der Waals surface area (Å²) in [6.45, 7) is 2.50. The molecular formula is C14H22N2O3. The lowest BCUT2D eigenvalue weighted by Crippen LogP contribution is -2.28. The highest BCUT2D eigenvalue weighted by molar-refractivity contribution is 5.75. The third kappa shape index (κ3) is 4.44. The first-order chi connectivity index (χ1) is 8.95. The highest BCUT2D eigenvalue weighted by Gasteiger charge is 2.12. The first-order valence-electron chi connectivity index (χ1n) is 6.26. The van der Waals surface area contributed by atoms with Crippen LogP contribution < -0.4 is 10.1 Å². The van der Waals surface area contributed by atoms with Gasteiger partial charge in [0.15, 0.2) is 0 Å². The maximum absolute atomic E-state index is 11.4. The molecule has 19 heavy (non-hydrogen) atoms. The van der Waals surface area contributed by atoms with Crippen LogP contribution in [-0.2, 0) is 4.79 Å². The van der Waals surface area contributed by atoms with Gasteiger partial charge in [0.1, 0.15) is 11.5 Å². The Hall–Kier alpha value is -1.75. The van der Waals surface area contributed by atoms with Gasteiger partial charge in [-0.1, -0.05) is 0 Å². The van der Waals surface area contributed by atoms with Crippen molar-refractivity contribution in [2.24, 2.45) is 0 Å². The van der Waals surface area contributed by atoms with Gasteiger partial charge in [-0.2, -0.15) is 0 Å². The van der Waals surface area contributed by atoms with Crippen LogP contribution in [0.2, 0.25) is 0 Å². The van der Waals surface area contributed by atoms with Crippen LogP contribution in [-0.4, -0.2) is 43.7 Å². The van der Waals surface area contributed by atoms with Gasteiger partial charge in [0.25, 0.3) is 0 Å². The van der Waals surface area contributed by atoms with Crippen LogP contribution in [0.25, 0.3) is 0 Å². The largest absolute Gasteiger partial charge is 0.508 e. The molecule has 0 fully saturated rings. The van der Waals surface area contributed by atoms with E-state index in [1.165, 1.54) is 0 Å². The number of nitrogens with one attached hydrogen (secondary N) is 1. The summed E-state index contributed by atoms with van der Waals surface area (Å²) in [7, 11) is 5.06. The van der Waals surface area contributed by atoms with Crippen LogP contribution in [0, 0.1) is 0 Å². The van der Waals surface area contributed by atoms with Crippen molar-refractivity contribution >= 4 is 5.91 Å². The van der Waals surface area contributed by atoms with E-state index in [0.29, 0.717) is 18.7 Å². The minimum atomic E-state index is -0.0509. The van der Waals surface area contributed by atoms with Crippen molar-refractivity contribution in [2.45, 2.75) is 19.4 Å². The second-order valence-electron chi connectivity index (χ2n) is 4.64. The molecule has 0 saturated heterocycles. The topological polar surface area (TPSA) is 61.8 Å². The average molecular weight is 266 g/mol. The summed E-state index contributed by atoms with van der Waals surface area (Å²) < 4.78 is 5.13. The molecule has 0 radical (unpaired) electrons. The van der Waals surface area contributed by atoms with Crippen molar-refractivity contribution in [3.8, 4) is 11.5 Å². The van der Waals surface area contributed by atoms with Crippen molar-refractivity contribution in [1.29, 1.82) is 0 Å². The number of nitrogens with zero attached hydrogens (tertiary/aromatic N) is 1. The van der Waals surface area contributed by atoms with Gasteiger partial charge in [-0.3, -0.25) is 4.79 Å². The number of carbonyl (C=O) groups is 1. The average Bonchev–Trinajstić information content (AvgIpc) is 2.38. The first kappa shape index (κ1) is 15.3. The molecule has 0 heterocycles. The van der Waals surface area contributed by atoms with E-state index >= 15 is 0 Å². The standard InChI is InChI=1S/C14H22N2O3/c1-10(15-8-7-14(18)16(2)3)12-9-11(19-4)5-6-13(12)17/h5-6,9-10,15,17H,7-8H2,1-4H3. The normalized spacial score (nSPS) is 12.0. The molecule has 0 aromatic heterocycles. The Bertz CT molecular complexity index is 433. The summed E-state index contributed by atoms with van der Waals surface area (Å²) in [5.41, 5.74) is 0.761. The van der Waals surface area contributed by atoms with Gasteiger partial charge in [0, 0.05) is 38.7 Å². The highest BCUT2D eigenvalue weighted by Crippen LogP contribution is 2.28. The molecule has 1 unspecified atom stereocenters. The van der Waals surface area contributed by atoms with Crippen molar-refractivity contribution in [3.63, 3.8) is 0 Å². The van der Waals surface area contributed by atoms with Crippen LogP contribution >= 0.6 is 0 Å². The van der Waals surface area contributed by atoms with E-state index in [0.717, 1.165) is 5.56 Å². The van der Waals surface area contributed by atoms with E-state index in [-0.39, 0.29) is 17.7 Å². The van der Waals surface area contributed by atoms with Gasteiger partial charge >= 0.3 is 0 Å². The minimum absolute atomic E-state index is 0.0509. The summed E-state index contributed by atoms with van der Waals surface area (Å²) in [5, 5.41) is 13.0. The lowest BCUT2D eigenvalue weighted by atomic mass is 10.1. The molecule has 0 aliphatic rings. The highest BCUT2D eigenvalue weighted by atomic mass is 16.5. The van der Waals surface area contributed by atoms with Crippen molar-refractivity contribution in [3.05, 3.63) is 23.8 Å². The lowest BCUT2D eigenvalue weighted by Gasteiger charge is -2.17. The fourth-order valence-corrected chi connectivity index (χ4v) is 1.74. The van der Waals surface area contributed by atoms with Crippen molar-refractivity contribution in [1.82, 2.24) is 10.2 Å². The molecule has 1 rings (SSSR count). The van der Waals surface area contributed by atoms with E-state index in [9.17, 15) is 9.90 Å². The van der Waals surface area contributed by atoms with Gasteiger partial charge in [0.05, 0.1) is 7.11 Å². The summed E-state index contributed by atoms with van der Waals surface area (Å²) >= 11 is 0. The Kier molecular flexibility index (Phi) is 5.63. The Labute approximate surface area is 114 Å².